The zero-order valence-electron chi connectivity index (χ0n) is 20.9. The number of carbonyl (C=O) groups excluding carboxylic acids is 3. The molecule has 2 aromatic carbocycles. The van der Waals surface area contributed by atoms with Crippen LogP contribution in [0.25, 0.3) is 0 Å². The van der Waals surface area contributed by atoms with Gasteiger partial charge in [-0.3, -0.25) is 14.4 Å². The zero-order chi connectivity index (χ0) is 25.7. The Balaban J connectivity index is 1.36. The van der Waals surface area contributed by atoms with Crippen LogP contribution < -0.4 is 20.1 Å². The average molecular weight is 496 g/mol. The fraction of sp³-hybridized carbons (Fsp3) is 0.444. The third-order valence-electron chi connectivity index (χ3n) is 6.68. The van der Waals surface area contributed by atoms with Crippen molar-refractivity contribution in [3.05, 3.63) is 53.6 Å². The smallest absolute Gasteiger partial charge is 0.257 e. The lowest BCUT2D eigenvalue weighted by Gasteiger charge is -2.42. The predicted molar refractivity (Wildman–Crippen MR) is 134 cm³/mol. The van der Waals surface area contributed by atoms with E-state index in [-0.39, 0.29) is 49.0 Å². The molecule has 0 bridgehead atoms. The van der Waals surface area contributed by atoms with Gasteiger partial charge in [0.1, 0.15) is 24.2 Å². The lowest BCUT2D eigenvalue weighted by molar-refractivity contribution is -0.134. The first kappa shape index (κ1) is 25.5. The van der Waals surface area contributed by atoms with Gasteiger partial charge in [0, 0.05) is 25.7 Å². The van der Waals surface area contributed by atoms with Crippen LogP contribution in [0.3, 0.4) is 0 Å². The van der Waals surface area contributed by atoms with E-state index in [4.69, 9.17) is 14.2 Å². The lowest BCUT2D eigenvalue weighted by Crippen LogP contribution is -2.53. The van der Waals surface area contributed by atoms with Gasteiger partial charge in [-0.2, -0.15) is 0 Å². The highest BCUT2D eigenvalue weighted by atomic mass is 16.5. The Hall–Kier alpha value is -3.59. The molecule has 3 atom stereocenters. The molecule has 9 nitrogen and oxygen atoms in total. The quantitative estimate of drug-likeness (QED) is 0.611. The highest BCUT2D eigenvalue weighted by Gasteiger charge is 2.39. The molecule has 0 saturated carbocycles. The van der Waals surface area contributed by atoms with Crippen molar-refractivity contribution in [1.29, 1.82) is 0 Å². The Morgan fingerprint density at radius 3 is 2.61 bits per heavy atom. The second-order valence-electron chi connectivity index (χ2n) is 9.11. The van der Waals surface area contributed by atoms with Crippen LogP contribution in [0.2, 0.25) is 0 Å². The third-order valence-corrected chi connectivity index (χ3v) is 6.68. The van der Waals surface area contributed by atoms with E-state index in [0.29, 0.717) is 42.8 Å². The number of fused-ring (bicyclic) bond motifs is 2. The van der Waals surface area contributed by atoms with Crippen molar-refractivity contribution in [2.75, 3.05) is 26.1 Å². The van der Waals surface area contributed by atoms with Crippen LogP contribution in [-0.4, -0.2) is 61.6 Å². The normalized spacial score (nSPS) is 21.2. The van der Waals surface area contributed by atoms with Crippen molar-refractivity contribution in [3.8, 4) is 11.5 Å². The molecule has 1 fully saturated rings. The summed E-state index contributed by atoms with van der Waals surface area (Å²) in [6.07, 6.45) is 1.36. The van der Waals surface area contributed by atoms with Gasteiger partial charge in [-0.25, -0.2) is 0 Å². The van der Waals surface area contributed by atoms with Crippen LogP contribution in [0.15, 0.2) is 42.5 Å². The molecule has 0 unspecified atom stereocenters. The topological polar surface area (TPSA) is 106 Å². The van der Waals surface area contributed by atoms with Gasteiger partial charge in [0.05, 0.1) is 31.2 Å². The van der Waals surface area contributed by atoms with Crippen LogP contribution in [0.5, 0.6) is 11.5 Å². The van der Waals surface area contributed by atoms with E-state index in [9.17, 15) is 14.4 Å². The largest absolute Gasteiger partial charge is 0.497 e. The van der Waals surface area contributed by atoms with Crippen molar-refractivity contribution in [1.82, 2.24) is 10.2 Å². The zero-order valence-corrected chi connectivity index (χ0v) is 20.9. The number of methoxy groups -OCH3 is 1. The highest BCUT2D eigenvalue weighted by molar-refractivity contribution is 5.99. The van der Waals surface area contributed by atoms with Gasteiger partial charge in [-0.1, -0.05) is 19.1 Å². The minimum Gasteiger partial charge on any atom is -0.497 e. The standard InChI is InChI=1S/C27H33N3O6/c1-4-25(31)29-18-7-12-23-21(13-18)27(33)30(2)22-11-10-20(36-24(22)16-35-23)14-26(32)28-15-17-5-8-19(34-3)9-6-17/h5-9,12-13,20,22,24H,4,10-11,14-16H2,1-3H3,(H,28,32)(H,29,31)/t20-,22+,24+/m0/s1. The van der Waals surface area contributed by atoms with Crippen molar-refractivity contribution in [3.63, 3.8) is 0 Å². The van der Waals surface area contributed by atoms with Crippen molar-refractivity contribution < 1.29 is 28.6 Å². The molecule has 0 radical (unpaired) electrons. The molecule has 3 amide bonds. The first-order chi connectivity index (χ1) is 17.4. The number of carbonyl (C=O) groups is 3. The maximum absolute atomic E-state index is 13.3. The van der Waals surface area contributed by atoms with E-state index in [2.05, 4.69) is 10.6 Å². The molecule has 2 aromatic rings. The Bertz CT molecular complexity index is 1100. The second-order valence-corrected chi connectivity index (χ2v) is 9.11. The monoisotopic (exact) mass is 495 g/mol. The molecule has 9 heteroatoms. The van der Waals surface area contributed by atoms with E-state index in [1.807, 2.05) is 24.3 Å². The SMILES string of the molecule is CCC(=O)Nc1ccc2c(c1)C(=O)N(C)[C@@H]1CC[C@@H](CC(=O)NCc3ccc(OC)cc3)O[C@@H]1CO2. The molecular formula is C27H33N3O6. The second kappa shape index (κ2) is 11.4. The van der Waals surface area contributed by atoms with Crippen LogP contribution in [0.1, 0.15) is 48.5 Å². The van der Waals surface area contributed by atoms with Crippen LogP contribution in [0, 0.1) is 0 Å². The summed E-state index contributed by atoms with van der Waals surface area (Å²) in [5.74, 6) is 0.820. The molecule has 1 saturated heterocycles. The van der Waals surface area contributed by atoms with Gasteiger partial charge < -0.3 is 29.7 Å². The first-order valence-electron chi connectivity index (χ1n) is 12.3. The molecule has 4 rings (SSSR count). The number of likely N-dealkylation sites (N-methyl/N-ethyl adjacent to an activating group) is 1. The number of nitrogens with zero attached hydrogens (tertiary/aromatic N) is 1. The number of rotatable bonds is 7. The summed E-state index contributed by atoms with van der Waals surface area (Å²) in [4.78, 5) is 39.3. The number of anilines is 1. The Morgan fingerprint density at radius 1 is 1.11 bits per heavy atom. The Kier molecular flexibility index (Phi) is 8.10. The van der Waals surface area contributed by atoms with Gasteiger partial charge >= 0.3 is 0 Å². The van der Waals surface area contributed by atoms with Gasteiger partial charge in [0.25, 0.3) is 5.91 Å². The summed E-state index contributed by atoms with van der Waals surface area (Å²) in [7, 11) is 3.38. The summed E-state index contributed by atoms with van der Waals surface area (Å²) < 4.78 is 17.4. The molecule has 0 aromatic heterocycles. The van der Waals surface area contributed by atoms with Gasteiger partial charge in [-0.05, 0) is 48.7 Å². The Labute approximate surface area is 211 Å². The summed E-state index contributed by atoms with van der Waals surface area (Å²) in [5.41, 5.74) is 1.95. The number of ether oxygens (including phenoxy) is 3. The molecule has 192 valence electrons. The predicted octanol–water partition coefficient (Wildman–Crippen LogP) is 3.13. The number of hydrogen-bond acceptors (Lipinski definition) is 6. The Morgan fingerprint density at radius 2 is 1.89 bits per heavy atom. The molecule has 36 heavy (non-hydrogen) atoms. The lowest BCUT2D eigenvalue weighted by atomic mass is 9.94. The van der Waals surface area contributed by atoms with Crippen LogP contribution in [0.4, 0.5) is 5.69 Å². The number of amides is 3. The van der Waals surface area contributed by atoms with E-state index in [0.717, 1.165) is 11.3 Å². The average Bonchev–Trinajstić information content (AvgIpc) is 2.90. The van der Waals surface area contributed by atoms with Gasteiger partial charge in [0.2, 0.25) is 11.8 Å². The third kappa shape index (κ3) is 5.96. The molecule has 2 heterocycles. The van der Waals surface area contributed by atoms with Crippen LogP contribution >= 0.6 is 0 Å². The molecule has 0 spiro atoms. The maximum atomic E-state index is 13.3. The van der Waals surface area contributed by atoms with Crippen LogP contribution in [-0.2, 0) is 20.9 Å². The summed E-state index contributed by atoms with van der Waals surface area (Å²) >= 11 is 0. The molecule has 2 N–H and O–H groups in total. The number of hydrogen-bond donors (Lipinski definition) is 2. The molecular weight excluding hydrogens is 462 g/mol. The molecule has 0 aliphatic carbocycles. The molecule has 2 aliphatic rings. The minimum absolute atomic E-state index is 0.0857. The van der Waals surface area contributed by atoms with Gasteiger partial charge in [0.15, 0.2) is 0 Å². The maximum Gasteiger partial charge on any atom is 0.257 e. The fourth-order valence-electron chi connectivity index (χ4n) is 4.58. The number of benzene rings is 2. The fourth-order valence-corrected chi connectivity index (χ4v) is 4.58. The first-order valence-corrected chi connectivity index (χ1v) is 12.3. The van der Waals surface area contributed by atoms with Crippen molar-refractivity contribution in [2.24, 2.45) is 0 Å². The van der Waals surface area contributed by atoms with Crippen molar-refractivity contribution >= 4 is 23.4 Å². The highest BCUT2D eigenvalue weighted by Crippen LogP contribution is 2.32. The number of nitrogens with one attached hydrogen (secondary N) is 2. The minimum atomic E-state index is -0.347. The van der Waals surface area contributed by atoms with Gasteiger partial charge in [-0.15, -0.1) is 0 Å². The summed E-state index contributed by atoms with van der Waals surface area (Å²) in [5, 5.41) is 5.73. The van der Waals surface area contributed by atoms with E-state index in [1.165, 1.54) is 0 Å². The van der Waals surface area contributed by atoms with Crippen molar-refractivity contribution in [2.45, 2.75) is 57.4 Å². The van der Waals surface area contributed by atoms with E-state index < -0.39 is 0 Å². The molecule has 2 aliphatic heterocycles. The van der Waals surface area contributed by atoms with E-state index >= 15 is 0 Å². The summed E-state index contributed by atoms with van der Waals surface area (Å²) in [6, 6.07) is 12.4. The van der Waals surface area contributed by atoms with E-state index in [1.54, 1.807) is 44.2 Å². The summed E-state index contributed by atoms with van der Waals surface area (Å²) in [6.45, 7) is 2.46.